The van der Waals surface area contributed by atoms with Crippen molar-refractivity contribution in [2.45, 2.75) is 19.4 Å². The highest BCUT2D eigenvalue weighted by molar-refractivity contribution is 5.20. The highest BCUT2D eigenvalue weighted by Crippen LogP contribution is 2.15. The van der Waals surface area contributed by atoms with Crippen LogP contribution in [0.4, 0.5) is 4.39 Å². The summed E-state index contributed by atoms with van der Waals surface area (Å²) >= 11 is 0. The van der Waals surface area contributed by atoms with Gasteiger partial charge in [-0.25, -0.2) is 4.39 Å². The Kier molecular flexibility index (Phi) is 7.57. The Morgan fingerprint density at radius 1 is 1.22 bits per heavy atom. The zero-order valence-electron chi connectivity index (χ0n) is 11.1. The number of methoxy groups -OCH3 is 1. The Balaban J connectivity index is 2.14. The van der Waals surface area contributed by atoms with Crippen molar-refractivity contribution in [3.63, 3.8) is 0 Å². The normalized spacial score (nSPS) is 12.6. The topological polar surface area (TPSA) is 30.5 Å². The largest absolute Gasteiger partial charge is 0.382 e. The minimum atomic E-state index is -0.158. The molecule has 1 rings (SSSR count). The van der Waals surface area contributed by atoms with Gasteiger partial charge >= 0.3 is 0 Å². The van der Waals surface area contributed by atoms with Crippen molar-refractivity contribution in [2.75, 3.05) is 33.5 Å². The lowest BCUT2D eigenvalue weighted by molar-refractivity contribution is 0.0693. The molecule has 0 amide bonds. The van der Waals surface area contributed by atoms with E-state index in [1.165, 1.54) is 6.07 Å². The Morgan fingerprint density at radius 3 is 2.72 bits per heavy atom. The maximum absolute atomic E-state index is 13.5. The first-order valence-corrected chi connectivity index (χ1v) is 6.30. The molecule has 102 valence electrons. The summed E-state index contributed by atoms with van der Waals surface area (Å²) in [5.41, 5.74) is 0.706. The average molecular weight is 255 g/mol. The third-order valence-electron chi connectivity index (χ3n) is 2.72. The quantitative estimate of drug-likeness (QED) is 0.688. The van der Waals surface area contributed by atoms with E-state index in [9.17, 15) is 4.39 Å². The second kappa shape index (κ2) is 9.03. The molecule has 0 bridgehead atoms. The number of nitrogens with one attached hydrogen (secondary N) is 1. The van der Waals surface area contributed by atoms with Gasteiger partial charge in [-0.15, -0.1) is 0 Å². The summed E-state index contributed by atoms with van der Waals surface area (Å²) in [6.07, 6.45) is 0.905. The predicted molar refractivity (Wildman–Crippen MR) is 70.1 cm³/mol. The summed E-state index contributed by atoms with van der Waals surface area (Å²) in [6.45, 7) is 4.71. The molecule has 4 heteroatoms. The Labute approximate surface area is 108 Å². The van der Waals surface area contributed by atoms with E-state index in [4.69, 9.17) is 9.47 Å². The molecular weight excluding hydrogens is 233 g/mol. The van der Waals surface area contributed by atoms with Crippen molar-refractivity contribution in [2.24, 2.45) is 0 Å². The minimum Gasteiger partial charge on any atom is -0.382 e. The molecule has 1 aromatic rings. The van der Waals surface area contributed by atoms with Crippen LogP contribution in [0.25, 0.3) is 0 Å². The van der Waals surface area contributed by atoms with Crippen LogP contribution in [0.15, 0.2) is 24.3 Å². The molecule has 1 aromatic carbocycles. The lowest BCUT2D eigenvalue weighted by atomic mass is 10.1. The lowest BCUT2D eigenvalue weighted by Crippen LogP contribution is -2.22. The third-order valence-corrected chi connectivity index (χ3v) is 2.72. The Bertz CT molecular complexity index is 333. The number of ether oxygens (including phenoxy) is 2. The summed E-state index contributed by atoms with van der Waals surface area (Å²) in [5, 5.41) is 3.28. The van der Waals surface area contributed by atoms with Crippen molar-refractivity contribution in [3.8, 4) is 0 Å². The molecule has 18 heavy (non-hydrogen) atoms. The number of rotatable bonds is 9. The molecule has 0 aromatic heterocycles. The molecule has 0 spiro atoms. The van der Waals surface area contributed by atoms with E-state index >= 15 is 0 Å². The van der Waals surface area contributed by atoms with Crippen molar-refractivity contribution >= 4 is 0 Å². The van der Waals surface area contributed by atoms with Crippen LogP contribution in [0.5, 0.6) is 0 Å². The van der Waals surface area contributed by atoms with Crippen molar-refractivity contribution in [1.29, 1.82) is 0 Å². The van der Waals surface area contributed by atoms with Gasteiger partial charge in [-0.2, -0.15) is 0 Å². The molecule has 0 aliphatic heterocycles. The fraction of sp³-hybridized carbons (Fsp3) is 0.571. The van der Waals surface area contributed by atoms with Crippen LogP contribution in [0.3, 0.4) is 0 Å². The maximum atomic E-state index is 13.5. The molecular formula is C14H22FNO2. The van der Waals surface area contributed by atoms with Gasteiger partial charge in [0.05, 0.1) is 13.2 Å². The molecule has 1 atom stereocenters. The fourth-order valence-corrected chi connectivity index (χ4v) is 1.67. The first-order chi connectivity index (χ1) is 8.75. The molecule has 1 N–H and O–H groups in total. The summed E-state index contributed by atoms with van der Waals surface area (Å²) in [7, 11) is 1.65. The molecule has 0 saturated heterocycles. The Hall–Kier alpha value is -0.970. The highest BCUT2D eigenvalue weighted by atomic mass is 19.1. The maximum Gasteiger partial charge on any atom is 0.127 e. The second-order valence-corrected chi connectivity index (χ2v) is 4.16. The summed E-state index contributed by atoms with van der Waals surface area (Å²) in [4.78, 5) is 0. The Morgan fingerprint density at radius 2 is 2.00 bits per heavy atom. The van der Waals surface area contributed by atoms with E-state index in [0.29, 0.717) is 25.4 Å². The molecule has 0 saturated carbocycles. The first kappa shape index (κ1) is 15.1. The van der Waals surface area contributed by atoms with Gasteiger partial charge in [-0.05, 0) is 26.0 Å². The van der Waals surface area contributed by atoms with Gasteiger partial charge in [0.1, 0.15) is 5.82 Å². The van der Waals surface area contributed by atoms with Gasteiger partial charge in [-0.3, -0.25) is 0 Å². The van der Waals surface area contributed by atoms with Crippen molar-refractivity contribution in [1.82, 2.24) is 5.32 Å². The molecule has 3 nitrogen and oxygen atoms in total. The smallest absolute Gasteiger partial charge is 0.127 e. The van der Waals surface area contributed by atoms with Crippen LogP contribution in [0.2, 0.25) is 0 Å². The van der Waals surface area contributed by atoms with E-state index in [1.54, 1.807) is 13.2 Å². The molecule has 0 aliphatic carbocycles. The highest BCUT2D eigenvalue weighted by Gasteiger charge is 2.08. The molecule has 0 radical (unpaired) electrons. The van der Waals surface area contributed by atoms with Gasteiger partial charge in [0.25, 0.3) is 0 Å². The second-order valence-electron chi connectivity index (χ2n) is 4.16. The predicted octanol–water partition coefficient (Wildman–Crippen LogP) is 2.53. The van der Waals surface area contributed by atoms with Gasteiger partial charge in [0.2, 0.25) is 0 Å². The van der Waals surface area contributed by atoms with Gasteiger partial charge < -0.3 is 14.8 Å². The molecule has 0 unspecified atom stereocenters. The number of hydrogen-bond donors (Lipinski definition) is 1. The van der Waals surface area contributed by atoms with Crippen LogP contribution in [-0.4, -0.2) is 33.5 Å². The standard InChI is InChI=1S/C14H22FNO2/c1-12(13-6-3-4-7-14(13)15)16-8-5-9-18-11-10-17-2/h3-4,6-7,12,16H,5,8-11H2,1-2H3/t12-/m1/s1. The lowest BCUT2D eigenvalue weighted by Gasteiger charge is -2.14. The number of halogens is 1. The number of benzene rings is 1. The summed E-state index contributed by atoms with van der Waals surface area (Å²) in [5.74, 6) is -0.158. The van der Waals surface area contributed by atoms with Crippen molar-refractivity contribution in [3.05, 3.63) is 35.6 Å². The minimum absolute atomic E-state index is 0.0187. The van der Waals surface area contributed by atoms with E-state index < -0.39 is 0 Å². The third kappa shape index (κ3) is 5.58. The van der Waals surface area contributed by atoms with Crippen LogP contribution in [0.1, 0.15) is 24.9 Å². The van der Waals surface area contributed by atoms with Crippen LogP contribution in [-0.2, 0) is 9.47 Å². The van der Waals surface area contributed by atoms with Gasteiger partial charge in [0.15, 0.2) is 0 Å². The summed E-state index contributed by atoms with van der Waals surface area (Å²) < 4.78 is 23.7. The van der Waals surface area contributed by atoms with Gasteiger partial charge in [0, 0.05) is 25.3 Å². The SMILES string of the molecule is COCCOCCCN[C@H](C)c1ccccc1F. The fourth-order valence-electron chi connectivity index (χ4n) is 1.67. The van der Waals surface area contributed by atoms with Gasteiger partial charge in [-0.1, -0.05) is 18.2 Å². The van der Waals surface area contributed by atoms with E-state index in [-0.39, 0.29) is 11.9 Å². The van der Waals surface area contributed by atoms with E-state index in [2.05, 4.69) is 5.32 Å². The van der Waals surface area contributed by atoms with Crippen LogP contribution < -0.4 is 5.32 Å². The van der Waals surface area contributed by atoms with Crippen LogP contribution in [0, 0.1) is 5.82 Å². The molecule has 0 fully saturated rings. The average Bonchev–Trinajstić information content (AvgIpc) is 2.38. The zero-order chi connectivity index (χ0) is 13.2. The first-order valence-electron chi connectivity index (χ1n) is 6.30. The van der Waals surface area contributed by atoms with Crippen LogP contribution >= 0.6 is 0 Å². The van der Waals surface area contributed by atoms with Crippen molar-refractivity contribution < 1.29 is 13.9 Å². The summed E-state index contributed by atoms with van der Waals surface area (Å²) in [6, 6.07) is 6.87. The molecule has 0 aliphatic rings. The number of hydrogen-bond acceptors (Lipinski definition) is 3. The zero-order valence-corrected chi connectivity index (χ0v) is 11.1. The van der Waals surface area contributed by atoms with E-state index in [1.807, 2.05) is 19.1 Å². The monoisotopic (exact) mass is 255 g/mol. The molecule has 0 heterocycles. The van der Waals surface area contributed by atoms with E-state index in [0.717, 1.165) is 13.0 Å².